The van der Waals surface area contributed by atoms with Crippen LogP contribution in [0, 0.1) is 0 Å². The molecule has 3 N–H and O–H groups in total. The lowest BCUT2D eigenvalue weighted by Crippen LogP contribution is -2.33. The molecule has 0 aliphatic heterocycles. The summed E-state index contributed by atoms with van der Waals surface area (Å²) in [6, 6.07) is 0.560. The van der Waals surface area contributed by atoms with E-state index < -0.39 is 0 Å². The van der Waals surface area contributed by atoms with Crippen LogP contribution >= 0.6 is 24.0 Å². The zero-order valence-electron chi connectivity index (χ0n) is 9.96. The SMILES string of the molecule is CCc1nncn1CCN=C(N)NC1CC1.I. The fourth-order valence-corrected chi connectivity index (χ4v) is 1.50. The van der Waals surface area contributed by atoms with E-state index in [4.69, 9.17) is 5.73 Å². The summed E-state index contributed by atoms with van der Waals surface area (Å²) < 4.78 is 2.01. The van der Waals surface area contributed by atoms with E-state index in [-0.39, 0.29) is 24.0 Å². The molecule has 1 aliphatic carbocycles. The molecular weight excluding hydrogens is 331 g/mol. The molecular formula is C10H19IN6. The summed E-state index contributed by atoms with van der Waals surface area (Å²) >= 11 is 0. The van der Waals surface area contributed by atoms with Crippen molar-refractivity contribution in [2.75, 3.05) is 6.54 Å². The predicted octanol–water partition coefficient (Wildman–Crippen LogP) is 0.525. The Morgan fingerprint density at radius 2 is 2.41 bits per heavy atom. The normalized spacial score (nSPS) is 15.5. The first-order valence-corrected chi connectivity index (χ1v) is 5.72. The smallest absolute Gasteiger partial charge is 0.188 e. The molecule has 1 heterocycles. The van der Waals surface area contributed by atoms with Gasteiger partial charge in [0.2, 0.25) is 0 Å². The number of aryl methyl sites for hydroxylation is 1. The largest absolute Gasteiger partial charge is 0.370 e. The number of rotatable bonds is 5. The minimum Gasteiger partial charge on any atom is -0.370 e. The number of nitrogens with one attached hydrogen (secondary N) is 1. The van der Waals surface area contributed by atoms with Gasteiger partial charge in [-0.05, 0) is 12.8 Å². The third-order valence-corrected chi connectivity index (χ3v) is 2.56. The summed E-state index contributed by atoms with van der Waals surface area (Å²) in [5.41, 5.74) is 5.72. The molecule has 0 aromatic carbocycles. The second-order valence-corrected chi connectivity index (χ2v) is 3.98. The highest BCUT2D eigenvalue weighted by Gasteiger charge is 2.21. The molecule has 0 radical (unpaired) electrons. The van der Waals surface area contributed by atoms with Gasteiger partial charge in [-0.15, -0.1) is 34.2 Å². The van der Waals surface area contributed by atoms with E-state index in [1.807, 2.05) is 4.57 Å². The van der Waals surface area contributed by atoms with Crippen molar-refractivity contribution in [3.05, 3.63) is 12.2 Å². The zero-order chi connectivity index (χ0) is 11.4. The van der Waals surface area contributed by atoms with Crippen molar-refractivity contribution < 1.29 is 0 Å². The van der Waals surface area contributed by atoms with Crippen molar-refractivity contribution >= 4 is 29.9 Å². The lowest BCUT2D eigenvalue weighted by atomic mass is 10.4. The van der Waals surface area contributed by atoms with E-state index in [0.717, 1.165) is 18.8 Å². The van der Waals surface area contributed by atoms with Gasteiger partial charge in [0.15, 0.2) is 5.96 Å². The van der Waals surface area contributed by atoms with Crippen LogP contribution in [0.4, 0.5) is 0 Å². The summed E-state index contributed by atoms with van der Waals surface area (Å²) in [5.74, 6) is 1.54. The van der Waals surface area contributed by atoms with Gasteiger partial charge in [0.25, 0.3) is 0 Å². The average Bonchev–Trinajstić information content (AvgIpc) is 2.96. The Kier molecular flexibility index (Phi) is 5.66. The quantitative estimate of drug-likeness (QED) is 0.461. The van der Waals surface area contributed by atoms with Gasteiger partial charge in [-0.25, -0.2) is 0 Å². The van der Waals surface area contributed by atoms with Crippen LogP contribution in [-0.2, 0) is 13.0 Å². The van der Waals surface area contributed by atoms with Crippen molar-refractivity contribution in [3.8, 4) is 0 Å². The summed E-state index contributed by atoms with van der Waals surface area (Å²) in [6.07, 6.45) is 5.04. The lowest BCUT2D eigenvalue weighted by Gasteiger charge is -2.04. The maximum atomic E-state index is 5.72. The van der Waals surface area contributed by atoms with Crippen LogP contribution in [0.2, 0.25) is 0 Å². The van der Waals surface area contributed by atoms with Gasteiger partial charge in [-0.2, -0.15) is 0 Å². The van der Waals surface area contributed by atoms with E-state index in [0.29, 0.717) is 18.5 Å². The highest BCUT2D eigenvalue weighted by molar-refractivity contribution is 14.0. The van der Waals surface area contributed by atoms with Gasteiger partial charge in [-0.3, -0.25) is 4.99 Å². The molecule has 1 aliphatic rings. The van der Waals surface area contributed by atoms with Gasteiger partial charge in [0, 0.05) is 19.0 Å². The summed E-state index contributed by atoms with van der Waals surface area (Å²) in [7, 11) is 0. The monoisotopic (exact) mass is 350 g/mol. The van der Waals surface area contributed by atoms with E-state index >= 15 is 0 Å². The van der Waals surface area contributed by atoms with Gasteiger partial charge >= 0.3 is 0 Å². The van der Waals surface area contributed by atoms with Gasteiger partial charge < -0.3 is 15.6 Å². The molecule has 1 aromatic heterocycles. The number of nitrogens with zero attached hydrogens (tertiary/aromatic N) is 4. The first-order valence-electron chi connectivity index (χ1n) is 5.72. The number of aliphatic imine (C=N–C) groups is 1. The minimum atomic E-state index is 0. The van der Waals surface area contributed by atoms with Gasteiger partial charge in [-0.1, -0.05) is 6.92 Å². The molecule has 6 nitrogen and oxygen atoms in total. The van der Waals surface area contributed by atoms with E-state index in [1.54, 1.807) is 6.33 Å². The topological polar surface area (TPSA) is 81.1 Å². The molecule has 2 rings (SSSR count). The van der Waals surface area contributed by atoms with Crippen molar-refractivity contribution in [1.29, 1.82) is 0 Å². The molecule has 1 fully saturated rings. The second kappa shape index (κ2) is 6.77. The number of aromatic nitrogens is 3. The number of guanidine groups is 1. The molecule has 0 amide bonds. The van der Waals surface area contributed by atoms with Crippen LogP contribution in [0.3, 0.4) is 0 Å². The van der Waals surface area contributed by atoms with E-state index in [2.05, 4.69) is 27.4 Å². The molecule has 17 heavy (non-hydrogen) atoms. The van der Waals surface area contributed by atoms with E-state index in [1.165, 1.54) is 12.8 Å². The summed E-state index contributed by atoms with van der Waals surface area (Å²) in [5, 5.41) is 11.0. The molecule has 0 saturated heterocycles. The first-order chi connectivity index (χ1) is 7.79. The molecule has 0 spiro atoms. The van der Waals surface area contributed by atoms with Crippen LogP contribution in [0.15, 0.2) is 11.3 Å². The second-order valence-electron chi connectivity index (χ2n) is 3.98. The number of nitrogens with two attached hydrogens (primary N) is 1. The highest BCUT2D eigenvalue weighted by atomic mass is 127. The molecule has 0 unspecified atom stereocenters. The predicted molar refractivity (Wildman–Crippen MR) is 77.5 cm³/mol. The van der Waals surface area contributed by atoms with Gasteiger partial charge in [0.05, 0.1) is 6.54 Å². The third-order valence-electron chi connectivity index (χ3n) is 2.56. The number of hydrogen-bond acceptors (Lipinski definition) is 3. The maximum Gasteiger partial charge on any atom is 0.188 e. The Balaban J connectivity index is 0.00000144. The van der Waals surface area contributed by atoms with Crippen molar-refractivity contribution in [1.82, 2.24) is 20.1 Å². The Morgan fingerprint density at radius 3 is 3.06 bits per heavy atom. The van der Waals surface area contributed by atoms with Crippen LogP contribution < -0.4 is 11.1 Å². The fraction of sp³-hybridized carbons (Fsp3) is 0.700. The first kappa shape index (κ1) is 14.2. The Hall–Kier alpha value is -0.860. The van der Waals surface area contributed by atoms with Crippen molar-refractivity contribution in [2.24, 2.45) is 10.7 Å². The standard InChI is InChI=1S/C10H18N6.HI/c1-2-9-15-13-7-16(9)6-5-12-10(11)14-8-3-4-8;/h7-8H,2-6H2,1H3,(H3,11,12,14);1H. The molecule has 1 saturated carbocycles. The van der Waals surface area contributed by atoms with Crippen LogP contribution in [-0.4, -0.2) is 33.3 Å². The molecule has 1 aromatic rings. The number of hydrogen-bond donors (Lipinski definition) is 2. The van der Waals surface area contributed by atoms with E-state index in [9.17, 15) is 0 Å². The summed E-state index contributed by atoms with van der Waals surface area (Å²) in [4.78, 5) is 4.26. The molecule has 96 valence electrons. The Bertz CT molecular complexity index is 371. The Labute approximate surface area is 118 Å². The minimum absolute atomic E-state index is 0. The fourth-order valence-electron chi connectivity index (χ4n) is 1.50. The summed E-state index contributed by atoms with van der Waals surface area (Å²) in [6.45, 7) is 3.51. The third kappa shape index (κ3) is 4.49. The van der Waals surface area contributed by atoms with Gasteiger partial charge in [0.1, 0.15) is 12.2 Å². The molecule has 0 bridgehead atoms. The van der Waals surface area contributed by atoms with Crippen LogP contribution in [0.25, 0.3) is 0 Å². The molecule has 7 heteroatoms. The maximum absolute atomic E-state index is 5.72. The lowest BCUT2D eigenvalue weighted by molar-refractivity contribution is 0.664. The highest BCUT2D eigenvalue weighted by Crippen LogP contribution is 2.17. The number of halogens is 1. The molecule has 0 atom stereocenters. The average molecular weight is 350 g/mol. The van der Waals surface area contributed by atoms with Crippen molar-refractivity contribution in [2.45, 2.75) is 38.8 Å². The van der Waals surface area contributed by atoms with Crippen LogP contribution in [0.5, 0.6) is 0 Å². The zero-order valence-corrected chi connectivity index (χ0v) is 12.3. The van der Waals surface area contributed by atoms with Crippen molar-refractivity contribution in [3.63, 3.8) is 0 Å². The Morgan fingerprint density at radius 1 is 1.65 bits per heavy atom. The van der Waals surface area contributed by atoms with Crippen LogP contribution in [0.1, 0.15) is 25.6 Å².